The normalized spacial score (nSPS) is 13.4. The van der Waals surface area contributed by atoms with Gasteiger partial charge in [0.1, 0.15) is 5.76 Å². The number of nitrogens with zero attached hydrogens (tertiary/aromatic N) is 1. The zero-order valence-corrected chi connectivity index (χ0v) is 13.6. The van der Waals surface area contributed by atoms with Gasteiger partial charge in [0.2, 0.25) is 0 Å². The van der Waals surface area contributed by atoms with Crippen LogP contribution in [0.3, 0.4) is 0 Å². The zero-order chi connectivity index (χ0) is 14.3. The minimum absolute atomic E-state index is 0.0874. The van der Waals surface area contributed by atoms with Gasteiger partial charge in [-0.15, -0.1) is 0 Å². The Hall–Kier alpha value is -0.360. The molecule has 0 spiro atoms. The van der Waals surface area contributed by atoms with Crippen LogP contribution in [0.2, 0.25) is 0 Å². The van der Waals surface area contributed by atoms with Crippen LogP contribution in [0, 0.1) is 0 Å². The molecule has 110 valence electrons. The fourth-order valence-electron chi connectivity index (χ4n) is 2.48. The summed E-state index contributed by atoms with van der Waals surface area (Å²) in [5.74, 6) is 0.908. The molecular weight excluding hydrogens is 308 g/mol. The van der Waals surface area contributed by atoms with E-state index in [9.17, 15) is 0 Å². The molecule has 0 saturated heterocycles. The van der Waals surface area contributed by atoms with E-state index in [1.807, 2.05) is 6.07 Å². The number of methoxy groups -OCH3 is 1. The highest BCUT2D eigenvalue weighted by atomic mass is 79.9. The van der Waals surface area contributed by atoms with Crippen molar-refractivity contribution in [2.45, 2.75) is 38.8 Å². The van der Waals surface area contributed by atoms with Crippen LogP contribution in [0.5, 0.6) is 0 Å². The topological polar surface area (TPSA) is 51.6 Å². The molecule has 1 aromatic heterocycles. The van der Waals surface area contributed by atoms with E-state index >= 15 is 0 Å². The largest absolute Gasteiger partial charge is 0.466 e. The summed E-state index contributed by atoms with van der Waals surface area (Å²) in [6.07, 6.45) is 3.88. The van der Waals surface area contributed by atoms with Crippen molar-refractivity contribution in [3.63, 3.8) is 0 Å². The summed E-state index contributed by atoms with van der Waals surface area (Å²) in [5, 5.41) is 0. The van der Waals surface area contributed by atoms with Gasteiger partial charge in [-0.25, -0.2) is 0 Å². The maximum absolute atomic E-state index is 5.99. The maximum Gasteiger partial charge on any atom is 0.136 e. The Morgan fingerprint density at radius 2 is 2.11 bits per heavy atom. The third-order valence-corrected chi connectivity index (χ3v) is 4.19. The minimum Gasteiger partial charge on any atom is -0.466 e. The smallest absolute Gasteiger partial charge is 0.136 e. The summed E-state index contributed by atoms with van der Waals surface area (Å²) in [5.41, 5.74) is 5.99. The molecule has 1 atom stereocenters. The molecule has 0 aliphatic heterocycles. The number of hydrogen-bond acceptors (Lipinski definition) is 4. The highest BCUT2D eigenvalue weighted by Crippen LogP contribution is 2.30. The van der Waals surface area contributed by atoms with Crippen LogP contribution in [-0.2, 0) is 4.74 Å². The standard InChI is InChI=1S/C14H25BrN2O2/c1-4-11(5-2)17(7-9-18-3)13(10-16)14-12(15)6-8-19-14/h6,8,11,13H,4-5,7,9-10,16H2,1-3H3. The van der Waals surface area contributed by atoms with Gasteiger partial charge in [0.15, 0.2) is 0 Å². The highest BCUT2D eigenvalue weighted by Gasteiger charge is 2.28. The quantitative estimate of drug-likeness (QED) is 0.754. The van der Waals surface area contributed by atoms with Gasteiger partial charge in [0.05, 0.1) is 23.4 Å². The van der Waals surface area contributed by atoms with E-state index in [2.05, 4.69) is 34.7 Å². The summed E-state index contributed by atoms with van der Waals surface area (Å²) in [6.45, 7) is 6.51. The number of furan rings is 1. The van der Waals surface area contributed by atoms with E-state index in [-0.39, 0.29) is 6.04 Å². The first-order valence-electron chi connectivity index (χ1n) is 6.87. The Labute approximate surface area is 124 Å². The summed E-state index contributed by atoms with van der Waals surface area (Å²) in [4.78, 5) is 2.40. The van der Waals surface area contributed by atoms with Gasteiger partial charge in [-0.1, -0.05) is 13.8 Å². The molecule has 4 nitrogen and oxygen atoms in total. The molecule has 0 fully saturated rings. The number of nitrogens with two attached hydrogens (primary N) is 1. The molecule has 1 unspecified atom stereocenters. The van der Waals surface area contributed by atoms with Crippen LogP contribution in [0.25, 0.3) is 0 Å². The van der Waals surface area contributed by atoms with Gasteiger partial charge < -0.3 is 14.9 Å². The summed E-state index contributed by atoms with van der Waals surface area (Å²) >= 11 is 3.53. The zero-order valence-electron chi connectivity index (χ0n) is 12.1. The predicted octanol–water partition coefficient (Wildman–Crippen LogP) is 3.18. The van der Waals surface area contributed by atoms with Crippen molar-refractivity contribution in [2.24, 2.45) is 5.73 Å². The van der Waals surface area contributed by atoms with Crippen molar-refractivity contribution in [2.75, 3.05) is 26.8 Å². The maximum atomic E-state index is 5.99. The second kappa shape index (κ2) is 8.74. The van der Waals surface area contributed by atoms with E-state index < -0.39 is 0 Å². The molecule has 0 aliphatic carbocycles. The van der Waals surface area contributed by atoms with Crippen LogP contribution in [0.15, 0.2) is 21.2 Å². The second-order valence-corrected chi connectivity index (χ2v) is 5.44. The molecule has 2 N–H and O–H groups in total. The van der Waals surface area contributed by atoms with Gasteiger partial charge in [-0.2, -0.15) is 0 Å². The first-order valence-corrected chi connectivity index (χ1v) is 7.66. The molecule has 0 aliphatic rings. The van der Waals surface area contributed by atoms with E-state index in [4.69, 9.17) is 14.9 Å². The molecule has 0 bridgehead atoms. The molecule has 0 amide bonds. The lowest BCUT2D eigenvalue weighted by molar-refractivity contribution is 0.0728. The molecule has 1 aromatic rings. The van der Waals surface area contributed by atoms with Crippen LogP contribution < -0.4 is 5.73 Å². The van der Waals surface area contributed by atoms with Crippen LogP contribution >= 0.6 is 15.9 Å². The summed E-state index contributed by atoms with van der Waals surface area (Å²) < 4.78 is 11.8. The van der Waals surface area contributed by atoms with E-state index in [1.54, 1.807) is 13.4 Å². The monoisotopic (exact) mass is 332 g/mol. The third kappa shape index (κ3) is 4.31. The molecular formula is C14H25BrN2O2. The lowest BCUT2D eigenvalue weighted by atomic mass is 10.1. The van der Waals surface area contributed by atoms with Crippen LogP contribution in [0.1, 0.15) is 38.5 Å². The molecule has 0 radical (unpaired) electrons. The Bertz CT molecular complexity index is 353. The first-order chi connectivity index (χ1) is 9.19. The Morgan fingerprint density at radius 3 is 2.53 bits per heavy atom. The molecule has 5 heteroatoms. The highest BCUT2D eigenvalue weighted by molar-refractivity contribution is 9.10. The number of rotatable bonds is 9. The van der Waals surface area contributed by atoms with Gasteiger partial charge in [-0.05, 0) is 34.8 Å². The Kier molecular flexibility index (Phi) is 7.68. The van der Waals surface area contributed by atoms with Crippen molar-refractivity contribution in [3.8, 4) is 0 Å². The molecule has 1 rings (SSSR count). The van der Waals surface area contributed by atoms with Crippen LogP contribution in [0.4, 0.5) is 0 Å². The minimum atomic E-state index is 0.0874. The molecule has 0 saturated carbocycles. The van der Waals surface area contributed by atoms with Crippen molar-refractivity contribution in [1.29, 1.82) is 0 Å². The van der Waals surface area contributed by atoms with Gasteiger partial charge in [0, 0.05) is 26.2 Å². The average molecular weight is 333 g/mol. The number of halogens is 1. The van der Waals surface area contributed by atoms with Crippen molar-refractivity contribution in [3.05, 3.63) is 22.6 Å². The fraction of sp³-hybridized carbons (Fsp3) is 0.714. The van der Waals surface area contributed by atoms with E-state index in [0.29, 0.717) is 19.2 Å². The van der Waals surface area contributed by atoms with Crippen molar-refractivity contribution in [1.82, 2.24) is 4.90 Å². The number of ether oxygens (including phenoxy) is 1. The van der Waals surface area contributed by atoms with Gasteiger partial charge in [-0.3, -0.25) is 4.90 Å². The number of hydrogen-bond donors (Lipinski definition) is 1. The van der Waals surface area contributed by atoms with Crippen molar-refractivity contribution >= 4 is 15.9 Å². The SMILES string of the molecule is CCC(CC)N(CCOC)C(CN)c1occc1Br. The Morgan fingerprint density at radius 1 is 1.42 bits per heavy atom. The average Bonchev–Trinajstić information content (AvgIpc) is 2.84. The lowest BCUT2D eigenvalue weighted by Gasteiger charge is -2.36. The Balaban J connectivity index is 2.95. The van der Waals surface area contributed by atoms with Crippen LogP contribution in [-0.4, -0.2) is 37.7 Å². The summed E-state index contributed by atoms with van der Waals surface area (Å²) in [7, 11) is 1.73. The summed E-state index contributed by atoms with van der Waals surface area (Å²) in [6, 6.07) is 2.49. The molecule has 0 aromatic carbocycles. The molecule has 1 heterocycles. The predicted molar refractivity (Wildman–Crippen MR) is 81.2 cm³/mol. The van der Waals surface area contributed by atoms with E-state index in [1.165, 1.54) is 0 Å². The first kappa shape index (κ1) is 16.7. The van der Waals surface area contributed by atoms with Gasteiger partial charge >= 0.3 is 0 Å². The van der Waals surface area contributed by atoms with E-state index in [0.717, 1.165) is 29.6 Å². The lowest BCUT2D eigenvalue weighted by Crippen LogP contribution is -2.42. The second-order valence-electron chi connectivity index (χ2n) is 4.59. The fourth-order valence-corrected chi connectivity index (χ4v) is 2.95. The van der Waals surface area contributed by atoms with Gasteiger partial charge in [0.25, 0.3) is 0 Å². The third-order valence-electron chi connectivity index (χ3n) is 3.54. The molecule has 19 heavy (non-hydrogen) atoms. The van der Waals surface area contributed by atoms with Crippen molar-refractivity contribution < 1.29 is 9.15 Å².